The molecule has 0 aromatic rings. The van der Waals surface area contributed by atoms with Gasteiger partial charge in [0, 0.05) is 0 Å². The first-order valence-electron chi connectivity index (χ1n) is 9.40. The second-order valence-electron chi connectivity index (χ2n) is 9.63. The lowest BCUT2D eigenvalue weighted by atomic mass is 9.53. The topological polar surface area (TPSA) is 94.8 Å². The summed E-state index contributed by atoms with van der Waals surface area (Å²) in [5.41, 5.74) is -0.997. The largest absolute Gasteiger partial charge is 0.481 e. The molecule has 0 aromatic heterocycles. The van der Waals surface area contributed by atoms with Gasteiger partial charge in [-0.3, -0.25) is 9.59 Å². The average Bonchev–Trinajstić information content (AvgIpc) is 2.88. The maximum atomic E-state index is 12.5. The van der Waals surface area contributed by atoms with E-state index in [-0.39, 0.29) is 11.8 Å². The quantitative estimate of drug-likeness (QED) is 0.667. The lowest BCUT2D eigenvalue weighted by molar-refractivity contribution is -0.166. The van der Waals surface area contributed by atoms with Crippen molar-refractivity contribution in [3.63, 3.8) is 0 Å². The maximum absolute atomic E-state index is 12.5. The molecule has 4 rings (SSSR count). The highest BCUT2D eigenvalue weighted by Crippen LogP contribution is 2.77. The van der Waals surface area contributed by atoms with E-state index in [0.717, 1.165) is 24.8 Å². The summed E-state index contributed by atoms with van der Waals surface area (Å²) >= 11 is 0. The summed E-state index contributed by atoms with van der Waals surface area (Å²) in [4.78, 5) is 24.7. The van der Waals surface area contributed by atoms with Gasteiger partial charge in [0.05, 0.1) is 17.4 Å². The Bertz CT molecular complexity index is 671. The third kappa shape index (κ3) is 1.83. The monoisotopic (exact) mass is 348 g/mol. The van der Waals surface area contributed by atoms with Crippen LogP contribution in [0.2, 0.25) is 0 Å². The molecule has 5 heteroatoms. The van der Waals surface area contributed by atoms with Gasteiger partial charge >= 0.3 is 11.9 Å². The fraction of sp³-hybridized carbons (Fsp3) is 0.800. The molecule has 0 aliphatic heterocycles. The highest BCUT2D eigenvalue weighted by atomic mass is 16.4. The molecule has 25 heavy (non-hydrogen) atoms. The Hall–Kier alpha value is -1.36. The zero-order valence-corrected chi connectivity index (χ0v) is 15.0. The number of carboxylic acids is 2. The molecular formula is C20H28O5. The van der Waals surface area contributed by atoms with Crippen molar-refractivity contribution in [1.82, 2.24) is 0 Å². The minimum Gasteiger partial charge on any atom is -0.481 e. The Morgan fingerprint density at radius 1 is 1.16 bits per heavy atom. The maximum Gasteiger partial charge on any atom is 0.309 e. The number of aliphatic hydroxyl groups excluding tert-OH is 1. The number of hydrogen-bond acceptors (Lipinski definition) is 3. The molecule has 4 fully saturated rings. The third-order valence-electron chi connectivity index (χ3n) is 8.52. The first-order chi connectivity index (χ1) is 11.6. The van der Waals surface area contributed by atoms with Crippen LogP contribution in [0.15, 0.2) is 12.2 Å². The lowest BCUT2D eigenvalue weighted by Gasteiger charge is -2.51. The van der Waals surface area contributed by atoms with Crippen LogP contribution in [0, 0.1) is 39.9 Å². The van der Waals surface area contributed by atoms with Gasteiger partial charge in [-0.1, -0.05) is 25.5 Å². The molecule has 5 nitrogen and oxygen atoms in total. The van der Waals surface area contributed by atoms with E-state index in [1.807, 2.05) is 0 Å². The molecule has 0 radical (unpaired) electrons. The van der Waals surface area contributed by atoms with Crippen LogP contribution in [-0.2, 0) is 9.59 Å². The van der Waals surface area contributed by atoms with Crippen LogP contribution in [0.25, 0.3) is 0 Å². The molecule has 8 unspecified atom stereocenters. The molecule has 138 valence electrons. The van der Waals surface area contributed by atoms with E-state index in [9.17, 15) is 24.9 Å². The Morgan fingerprint density at radius 2 is 1.84 bits per heavy atom. The van der Waals surface area contributed by atoms with Crippen LogP contribution in [0.5, 0.6) is 0 Å². The molecule has 0 aromatic carbocycles. The van der Waals surface area contributed by atoms with Gasteiger partial charge < -0.3 is 15.3 Å². The third-order valence-corrected chi connectivity index (χ3v) is 8.52. The van der Waals surface area contributed by atoms with Crippen molar-refractivity contribution in [2.75, 3.05) is 0 Å². The summed E-state index contributed by atoms with van der Waals surface area (Å²) in [6.07, 6.45) is 3.52. The van der Waals surface area contributed by atoms with Crippen LogP contribution < -0.4 is 0 Å². The number of hydrogen-bond donors (Lipinski definition) is 3. The zero-order valence-electron chi connectivity index (χ0n) is 15.0. The van der Waals surface area contributed by atoms with Crippen molar-refractivity contribution in [2.24, 2.45) is 39.9 Å². The van der Waals surface area contributed by atoms with Crippen molar-refractivity contribution in [3.05, 3.63) is 12.2 Å². The van der Waals surface area contributed by atoms with Gasteiger partial charge in [-0.2, -0.15) is 0 Å². The normalized spacial score (nSPS) is 54.0. The van der Waals surface area contributed by atoms with E-state index < -0.39 is 46.1 Å². The molecule has 2 bridgehead atoms. The van der Waals surface area contributed by atoms with Crippen LogP contribution in [0.1, 0.15) is 52.4 Å². The molecule has 4 aliphatic carbocycles. The van der Waals surface area contributed by atoms with Gasteiger partial charge in [0.1, 0.15) is 0 Å². The van der Waals surface area contributed by atoms with Crippen molar-refractivity contribution in [1.29, 1.82) is 0 Å². The first kappa shape index (κ1) is 17.1. The Labute approximate surface area is 148 Å². The lowest BCUT2D eigenvalue weighted by Crippen LogP contribution is -2.51. The summed E-state index contributed by atoms with van der Waals surface area (Å²) in [6, 6.07) is 0. The molecule has 0 amide bonds. The van der Waals surface area contributed by atoms with Crippen LogP contribution in [0.3, 0.4) is 0 Å². The van der Waals surface area contributed by atoms with Gasteiger partial charge in [-0.05, 0) is 67.6 Å². The van der Waals surface area contributed by atoms with Crippen molar-refractivity contribution in [2.45, 2.75) is 58.5 Å². The molecule has 1 spiro atoms. The standard InChI is InChI=1S/C20H28O5/c1-10-8-20-9-11(10)7-12(21)14(20)18(2)5-4-6-19(3,17(24)25)15(18)13(20)16(22)23/h11-15,21H,1,4-9H2,2-3H3,(H,22,23)(H,24,25). The van der Waals surface area contributed by atoms with E-state index in [4.69, 9.17) is 0 Å². The summed E-state index contributed by atoms with van der Waals surface area (Å²) in [7, 11) is 0. The molecule has 4 saturated carbocycles. The Morgan fingerprint density at radius 3 is 2.44 bits per heavy atom. The number of aliphatic hydroxyl groups is 1. The molecule has 4 aliphatic rings. The zero-order chi connectivity index (χ0) is 18.4. The highest BCUT2D eigenvalue weighted by Gasteiger charge is 2.76. The predicted octanol–water partition coefficient (Wildman–Crippen LogP) is 2.93. The number of carbonyl (C=O) groups is 2. The molecular weight excluding hydrogens is 320 g/mol. The van der Waals surface area contributed by atoms with E-state index >= 15 is 0 Å². The minimum atomic E-state index is -1.05. The second kappa shape index (κ2) is 4.87. The first-order valence-corrected chi connectivity index (χ1v) is 9.40. The van der Waals surface area contributed by atoms with Gasteiger partial charge in [-0.15, -0.1) is 0 Å². The van der Waals surface area contributed by atoms with Crippen molar-refractivity contribution < 1.29 is 24.9 Å². The Kier molecular flexibility index (Phi) is 3.33. The van der Waals surface area contributed by atoms with Crippen molar-refractivity contribution in [3.8, 4) is 0 Å². The number of allylic oxidation sites excluding steroid dienone is 1. The van der Waals surface area contributed by atoms with E-state index in [2.05, 4.69) is 13.5 Å². The van der Waals surface area contributed by atoms with E-state index in [1.165, 1.54) is 0 Å². The van der Waals surface area contributed by atoms with Gasteiger partial charge in [-0.25, -0.2) is 0 Å². The number of fused-ring (bicyclic) bond motifs is 3. The summed E-state index contributed by atoms with van der Waals surface area (Å²) in [5, 5.41) is 31.2. The van der Waals surface area contributed by atoms with Crippen LogP contribution in [0.4, 0.5) is 0 Å². The molecule has 8 atom stereocenters. The Balaban J connectivity index is 1.96. The fourth-order valence-electron chi connectivity index (χ4n) is 8.00. The van der Waals surface area contributed by atoms with Crippen LogP contribution >= 0.6 is 0 Å². The number of aliphatic carboxylic acids is 2. The van der Waals surface area contributed by atoms with Gasteiger partial charge in [0.2, 0.25) is 0 Å². The smallest absolute Gasteiger partial charge is 0.309 e. The summed E-state index contributed by atoms with van der Waals surface area (Å²) in [5.74, 6) is -2.94. The van der Waals surface area contributed by atoms with Gasteiger partial charge in [0.25, 0.3) is 0 Å². The van der Waals surface area contributed by atoms with E-state index in [1.54, 1.807) is 6.92 Å². The van der Waals surface area contributed by atoms with Crippen molar-refractivity contribution >= 4 is 11.9 Å². The number of rotatable bonds is 2. The molecule has 0 saturated heterocycles. The van der Waals surface area contributed by atoms with Crippen LogP contribution in [-0.4, -0.2) is 33.4 Å². The molecule has 0 heterocycles. The SMILES string of the molecule is C=C1CC23CC1CC(O)C2C1(C)CCCC(C)(C(=O)O)C1C3C(=O)O. The predicted molar refractivity (Wildman–Crippen MR) is 90.7 cm³/mol. The fourth-order valence-corrected chi connectivity index (χ4v) is 8.00. The average molecular weight is 348 g/mol. The highest BCUT2D eigenvalue weighted by molar-refractivity contribution is 5.79. The summed E-state index contributed by atoms with van der Waals surface area (Å²) in [6.45, 7) is 7.96. The molecule has 3 N–H and O–H groups in total. The number of carboxylic acid groups (broad SMARTS) is 2. The summed E-state index contributed by atoms with van der Waals surface area (Å²) < 4.78 is 0. The second-order valence-corrected chi connectivity index (χ2v) is 9.63. The van der Waals surface area contributed by atoms with E-state index in [0.29, 0.717) is 19.3 Å². The van der Waals surface area contributed by atoms with Gasteiger partial charge in [0.15, 0.2) is 0 Å². The minimum absolute atomic E-state index is 0.152.